The fourth-order valence-electron chi connectivity index (χ4n) is 3.24. The van der Waals surface area contributed by atoms with Crippen molar-refractivity contribution in [3.8, 4) is 5.75 Å². The maximum atomic E-state index is 12.6. The number of anilines is 1. The Hall–Kier alpha value is -1.79. The topological polar surface area (TPSA) is 60.0 Å². The monoisotopic (exact) mass is 392 g/mol. The van der Waals surface area contributed by atoms with E-state index >= 15 is 0 Å². The highest BCUT2D eigenvalue weighted by molar-refractivity contribution is 5.86. The number of carbonyl (C=O) groups excluding carboxylic acids is 1. The first-order valence-corrected chi connectivity index (χ1v) is 10.8. The van der Waals surface area contributed by atoms with Gasteiger partial charge in [-0.3, -0.25) is 10.2 Å². The molecule has 1 heterocycles. The van der Waals surface area contributed by atoms with E-state index in [1.165, 1.54) is 6.42 Å². The van der Waals surface area contributed by atoms with Gasteiger partial charge in [-0.1, -0.05) is 45.2 Å². The molecular weight excluding hydrogens is 356 g/mol. The van der Waals surface area contributed by atoms with Crippen LogP contribution in [0.2, 0.25) is 0 Å². The van der Waals surface area contributed by atoms with Crippen LogP contribution in [-0.4, -0.2) is 50.1 Å². The minimum Gasteiger partial charge on any atom is -0.491 e. The van der Waals surface area contributed by atoms with Gasteiger partial charge in [-0.15, -0.1) is 0 Å². The van der Waals surface area contributed by atoms with Crippen LogP contribution in [0.4, 0.5) is 10.5 Å². The molecule has 0 spiro atoms. The SMILES string of the molecule is CCCCCOc1ccccc1NC(=O)OC(COCCC)N1CCCCC1. The number of nitrogens with zero attached hydrogens (tertiary/aromatic N) is 1. The first-order valence-electron chi connectivity index (χ1n) is 10.8. The maximum absolute atomic E-state index is 12.6. The van der Waals surface area contributed by atoms with Gasteiger partial charge in [-0.05, 0) is 37.8 Å². The zero-order chi connectivity index (χ0) is 20.0. The molecule has 0 aliphatic carbocycles. The maximum Gasteiger partial charge on any atom is 0.413 e. The second kappa shape index (κ2) is 13.4. The molecule has 1 saturated heterocycles. The highest BCUT2D eigenvalue weighted by Crippen LogP contribution is 2.24. The molecule has 6 heteroatoms. The van der Waals surface area contributed by atoms with Gasteiger partial charge in [0.2, 0.25) is 0 Å². The summed E-state index contributed by atoms with van der Waals surface area (Å²) in [6.45, 7) is 7.81. The molecule has 1 amide bonds. The van der Waals surface area contributed by atoms with Crippen molar-refractivity contribution in [2.24, 2.45) is 0 Å². The van der Waals surface area contributed by atoms with E-state index in [2.05, 4.69) is 24.1 Å². The lowest BCUT2D eigenvalue weighted by Gasteiger charge is -2.33. The summed E-state index contributed by atoms with van der Waals surface area (Å²) in [5.74, 6) is 0.673. The number of rotatable bonds is 12. The van der Waals surface area contributed by atoms with Crippen LogP contribution >= 0.6 is 0 Å². The Kier molecular flexibility index (Phi) is 10.8. The number of likely N-dealkylation sites (tertiary alicyclic amines) is 1. The van der Waals surface area contributed by atoms with E-state index in [0.29, 0.717) is 31.3 Å². The molecule has 1 aromatic carbocycles. The fourth-order valence-corrected chi connectivity index (χ4v) is 3.24. The van der Waals surface area contributed by atoms with E-state index in [1.54, 1.807) is 0 Å². The predicted molar refractivity (Wildman–Crippen MR) is 112 cm³/mol. The average molecular weight is 393 g/mol. The Morgan fingerprint density at radius 3 is 2.61 bits per heavy atom. The summed E-state index contributed by atoms with van der Waals surface area (Å²) in [7, 11) is 0. The number of piperidine rings is 1. The van der Waals surface area contributed by atoms with E-state index in [0.717, 1.165) is 51.6 Å². The molecule has 1 aliphatic rings. The number of nitrogens with one attached hydrogen (secondary N) is 1. The van der Waals surface area contributed by atoms with Gasteiger partial charge in [0.15, 0.2) is 6.23 Å². The highest BCUT2D eigenvalue weighted by atomic mass is 16.6. The largest absolute Gasteiger partial charge is 0.491 e. The smallest absolute Gasteiger partial charge is 0.413 e. The molecule has 1 aromatic rings. The van der Waals surface area contributed by atoms with Gasteiger partial charge < -0.3 is 14.2 Å². The van der Waals surface area contributed by atoms with Crippen LogP contribution in [0, 0.1) is 0 Å². The molecule has 0 aromatic heterocycles. The summed E-state index contributed by atoms with van der Waals surface area (Å²) >= 11 is 0. The van der Waals surface area contributed by atoms with Gasteiger partial charge in [0, 0.05) is 19.7 Å². The Morgan fingerprint density at radius 1 is 1.07 bits per heavy atom. The van der Waals surface area contributed by atoms with Crippen molar-refractivity contribution < 1.29 is 19.0 Å². The van der Waals surface area contributed by atoms with Gasteiger partial charge in [0.25, 0.3) is 0 Å². The number of ether oxygens (including phenoxy) is 3. The second-order valence-electron chi connectivity index (χ2n) is 7.21. The van der Waals surface area contributed by atoms with Crippen molar-refractivity contribution >= 4 is 11.8 Å². The summed E-state index contributed by atoms with van der Waals surface area (Å²) < 4.78 is 17.2. The van der Waals surface area contributed by atoms with Crippen molar-refractivity contribution in [1.29, 1.82) is 0 Å². The molecule has 0 saturated carbocycles. The molecule has 1 fully saturated rings. The van der Waals surface area contributed by atoms with Crippen LogP contribution in [0.25, 0.3) is 0 Å². The van der Waals surface area contributed by atoms with Crippen molar-refractivity contribution in [2.45, 2.75) is 65.0 Å². The number of amides is 1. The number of hydrogen-bond donors (Lipinski definition) is 1. The average Bonchev–Trinajstić information content (AvgIpc) is 2.72. The first-order chi connectivity index (χ1) is 13.7. The van der Waals surface area contributed by atoms with Crippen molar-refractivity contribution in [3.63, 3.8) is 0 Å². The standard InChI is InChI=1S/C22H36N2O4/c1-3-5-11-17-27-20-13-8-7-12-19(20)23-22(25)28-21(18-26-16-4-2)24-14-9-6-10-15-24/h7-8,12-13,21H,3-6,9-11,14-18H2,1-2H3,(H,23,25). The van der Waals surface area contributed by atoms with Gasteiger partial charge in [0.1, 0.15) is 5.75 Å². The quantitative estimate of drug-likeness (QED) is 0.505. The van der Waals surface area contributed by atoms with Gasteiger partial charge >= 0.3 is 6.09 Å². The van der Waals surface area contributed by atoms with E-state index in [9.17, 15) is 4.79 Å². The van der Waals surface area contributed by atoms with Crippen LogP contribution < -0.4 is 10.1 Å². The Bertz CT molecular complexity index is 561. The zero-order valence-corrected chi connectivity index (χ0v) is 17.5. The van der Waals surface area contributed by atoms with Gasteiger partial charge in [-0.2, -0.15) is 0 Å². The first kappa shape index (κ1) is 22.5. The van der Waals surface area contributed by atoms with Crippen LogP contribution in [0.5, 0.6) is 5.75 Å². The molecule has 0 radical (unpaired) electrons. The molecule has 1 N–H and O–H groups in total. The van der Waals surface area contributed by atoms with Crippen LogP contribution in [-0.2, 0) is 9.47 Å². The summed E-state index contributed by atoms with van der Waals surface area (Å²) in [6.07, 6.45) is 6.88. The molecule has 2 rings (SSSR count). The lowest BCUT2D eigenvalue weighted by Crippen LogP contribution is -2.45. The molecule has 6 nitrogen and oxygen atoms in total. The number of hydrogen-bond acceptors (Lipinski definition) is 5. The molecular formula is C22H36N2O4. The molecule has 0 bridgehead atoms. The number of carbonyl (C=O) groups is 1. The van der Waals surface area contributed by atoms with Gasteiger partial charge in [0.05, 0.1) is 18.9 Å². The predicted octanol–water partition coefficient (Wildman–Crippen LogP) is 5.04. The Labute approximate surface area is 169 Å². The summed E-state index contributed by atoms with van der Waals surface area (Å²) in [4.78, 5) is 14.8. The molecule has 158 valence electrons. The Morgan fingerprint density at radius 2 is 1.86 bits per heavy atom. The molecule has 1 unspecified atom stereocenters. The third-order valence-corrected chi connectivity index (χ3v) is 4.78. The summed E-state index contributed by atoms with van der Waals surface area (Å²) in [5, 5.41) is 2.84. The van der Waals surface area contributed by atoms with Gasteiger partial charge in [-0.25, -0.2) is 4.79 Å². The minimum atomic E-state index is -0.472. The van der Waals surface area contributed by atoms with Crippen molar-refractivity contribution in [2.75, 3.05) is 38.2 Å². The number of benzene rings is 1. The number of para-hydroxylation sites is 2. The third-order valence-electron chi connectivity index (χ3n) is 4.78. The van der Waals surface area contributed by atoms with E-state index in [-0.39, 0.29) is 6.23 Å². The van der Waals surface area contributed by atoms with E-state index in [1.807, 2.05) is 24.3 Å². The van der Waals surface area contributed by atoms with E-state index in [4.69, 9.17) is 14.2 Å². The minimum absolute atomic E-state index is 0.357. The molecule has 1 atom stereocenters. The van der Waals surface area contributed by atoms with Crippen molar-refractivity contribution in [3.05, 3.63) is 24.3 Å². The third kappa shape index (κ3) is 8.07. The lowest BCUT2D eigenvalue weighted by atomic mass is 10.1. The number of unbranched alkanes of at least 4 members (excludes halogenated alkanes) is 2. The van der Waals surface area contributed by atoms with Crippen LogP contribution in [0.1, 0.15) is 58.8 Å². The van der Waals surface area contributed by atoms with E-state index < -0.39 is 6.09 Å². The summed E-state index contributed by atoms with van der Waals surface area (Å²) in [6, 6.07) is 7.48. The van der Waals surface area contributed by atoms with Crippen LogP contribution in [0.15, 0.2) is 24.3 Å². The fraction of sp³-hybridized carbons (Fsp3) is 0.682. The second-order valence-corrected chi connectivity index (χ2v) is 7.21. The normalized spacial score (nSPS) is 15.8. The highest BCUT2D eigenvalue weighted by Gasteiger charge is 2.24. The lowest BCUT2D eigenvalue weighted by molar-refractivity contribution is -0.0683. The molecule has 28 heavy (non-hydrogen) atoms. The van der Waals surface area contributed by atoms with Crippen molar-refractivity contribution in [1.82, 2.24) is 4.90 Å². The molecule has 1 aliphatic heterocycles. The summed E-state index contributed by atoms with van der Waals surface area (Å²) in [5.41, 5.74) is 0.635. The zero-order valence-electron chi connectivity index (χ0n) is 17.5. The van der Waals surface area contributed by atoms with Crippen LogP contribution in [0.3, 0.4) is 0 Å². The Balaban J connectivity index is 1.91.